The van der Waals surface area contributed by atoms with Crippen molar-refractivity contribution in [3.8, 4) is 5.69 Å². The van der Waals surface area contributed by atoms with Gasteiger partial charge in [0.05, 0.1) is 22.3 Å². The predicted octanol–water partition coefficient (Wildman–Crippen LogP) is 3.63. The second-order valence-electron chi connectivity index (χ2n) is 6.73. The normalized spacial score (nSPS) is 14.4. The van der Waals surface area contributed by atoms with Gasteiger partial charge in [-0.15, -0.1) is 0 Å². The maximum atomic E-state index is 14.5. The number of nitrogens with zero attached hydrogens (tertiary/aromatic N) is 3. The second kappa shape index (κ2) is 8.14. The number of benzene rings is 2. The number of para-hydroxylation sites is 2. The highest BCUT2D eigenvalue weighted by Crippen LogP contribution is 2.23. The summed E-state index contributed by atoms with van der Waals surface area (Å²) < 4.78 is 15.7. The van der Waals surface area contributed by atoms with Gasteiger partial charge in [-0.3, -0.25) is 14.2 Å². The molecule has 0 N–H and O–H groups in total. The molecule has 0 unspecified atom stereocenters. The lowest BCUT2D eigenvalue weighted by molar-refractivity contribution is -0.129. The molecule has 7 heteroatoms. The Morgan fingerprint density at radius 2 is 1.75 bits per heavy atom. The van der Waals surface area contributed by atoms with Gasteiger partial charge in [-0.1, -0.05) is 36.0 Å². The van der Waals surface area contributed by atoms with Gasteiger partial charge >= 0.3 is 0 Å². The van der Waals surface area contributed by atoms with Crippen molar-refractivity contribution in [1.29, 1.82) is 0 Å². The highest BCUT2D eigenvalue weighted by atomic mass is 32.2. The quantitative estimate of drug-likeness (QED) is 0.498. The average Bonchev–Trinajstić information content (AvgIpc) is 2.73. The molecule has 0 bridgehead atoms. The van der Waals surface area contributed by atoms with Gasteiger partial charge in [0.15, 0.2) is 5.16 Å². The van der Waals surface area contributed by atoms with Crippen LogP contribution in [0.3, 0.4) is 0 Å². The van der Waals surface area contributed by atoms with Crippen molar-refractivity contribution >= 4 is 28.6 Å². The number of rotatable bonds is 4. The van der Waals surface area contributed by atoms with Crippen LogP contribution < -0.4 is 5.56 Å². The maximum Gasteiger partial charge on any atom is 0.266 e. The Kier molecular flexibility index (Phi) is 5.43. The van der Waals surface area contributed by atoms with E-state index in [1.807, 2.05) is 4.90 Å². The van der Waals surface area contributed by atoms with Crippen LogP contribution in [0.1, 0.15) is 19.3 Å². The number of halogens is 1. The van der Waals surface area contributed by atoms with E-state index in [1.165, 1.54) is 22.4 Å². The van der Waals surface area contributed by atoms with Gasteiger partial charge in [-0.2, -0.15) is 0 Å². The van der Waals surface area contributed by atoms with E-state index in [-0.39, 0.29) is 22.9 Å². The Bertz CT molecular complexity index is 1080. The molecule has 1 aromatic heterocycles. The van der Waals surface area contributed by atoms with Crippen molar-refractivity contribution in [3.05, 3.63) is 64.7 Å². The summed E-state index contributed by atoms with van der Waals surface area (Å²) in [7, 11) is 0. The lowest BCUT2D eigenvalue weighted by atomic mass is 10.1. The monoisotopic (exact) mass is 397 g/mol. The lowest BCUT2D eigenvalue weighted by Gasteiger charge is -2.26. The molecule has 3 aromatic rings. The molecular formula is C21H20FN3O2S. The molecule has 1 aliphatic rings. The van der Waals surface area contributed by atoms with Gasteiger partial charge < -0.3 is 4.90 Å². The molecule has 0 spiro atoms. The summed E-state index contributed by atoms with van der Waals surface area (Å²) >= 11 is 1.18. The fourth-order valence-electron chi connectivity index (χ4n) is 3.42. The maximum absolute atomic E-state index is 14.5. The molecule has 4 rings (SSSR count). The van der Waals surface area contributed by atoms with Crippen LogP contribution in [0.5, 0.6) is 0 Å². The van der Waals surface area contributed by atoms with E-state index in [2.05, 4.69) is 4.98 Å². The number of aromatic nitrogens is 2. The van der Waals surface area contributed by atoms with E-state index in [9.17, 15) is 14.0 Å². The summed E-state index contributed by atoms with van der Waals surface area (Å²) in [6.45, 7) is 1.54. The largest absolute Gasteiger partial charge is 0.342 e. The molecule has 1 amide bonds. The van der Waals surface area contributed by atoms with E-state index in [4.69, 9.17) is 0 Å². The molecule has 144 valence electrons. The Morgan fingerprint density at radius 3 is 2.54 bits per heavy atom. The van der Waals surface area contributed by atoms with Crippen molar-refractivity contribution in [1.82, 2.24) is 14.5 Å². The fourth-order valence-corrected chi connectivity index (χ4v) is 4.32. The van der Waals surface area contributed by atoms with Crippen molar-refractivity contribution in [2.75, 3.05) is 18.8 Å². The Balaban J connectivity index is 1.74. The molecule has 2 aromatic carbocycles. The summed E-state index contributed by atoms with van der Waals surface area (Å²) in [5.74, 6) is -0.322. The zero-order valence-electron chi connectivity index (χ0n) is 15.3. The van der Waals surface area contributed by atoms with Gasteiger partial charge in [-0.05, 0) is 43.5 Å². The number of likely N-dealkylation sites (tertiary alicyclic amines) is 1. The minimum atomic E-state index is -0.508. The highest BCUT2D eigenvalue weighted by molar-refractivity contribution is 7.99. The number of fused-ring (bicyclic) bond motifs is 1. The van der Waals surface area contributed by atoms with Gasteiger partial charge in [0.2, 0.25) is 5.91 Å². The van der Waals surface area contributed by atoms with Gasteiger partial charge in [0, 0.05) is 13.1 Å². The topological polar surface area (TPSA) is 55.2 Å². The van der Waals surface area contributed by atoms with Gasteiger partial charge in [-0.25, -0.2) is 9.37 Å². The molecule has 1 fully saturated rings. The summed E-state index contributed by atoms with van der Waals surface area (Å²) in [5.41, 5.74) is 0.329. The first-order valence-corrected chi connectivity index (χ1v) is 10.3. The van der Waals surface area contributed by atoms with Crippen LogP contribution in [0.15, 0.2) is 58.5 Å². The van der Waals surface area contributed by atoms with E-state index >= 15 is 0 Å². The van der Waals surface area contributed by atoms with Crippen LogP contribution in [-0.2, 0) is 4.79 Å². The summed E-state index contributed by atoms with van der Waals surface area (Å²) in [4.78, 5) is 32.1. The molecule has 0 saturated carbocycles. The summed E-state index contributed by atoms with van der Waals surface area (Å²) in [5, 5.41) is 0.733. The van der Waals surface area contributed by atoms with Crippen molar-refractivity contribution in [2.45, 2.75) is 24.4 Å². The minimum absolute atomic E-state index is 0.0205. The van der Waals surface area contributed by atoms with E-state index in [0.717, 1.165) is 32.4 Å². The molecule has 2 heterocycles. The number of carbonyl (C=O) groups excluding carboxylic acids is 1. The zero-order valence-corrected chi connectivity index (χ0v) is 16.1. The first kappa shape index (κ1) is 18.7. The Morgan fingerprint density at radius 1 is 1.04 bits per heavy atom. The molecule has 0 atom stereocenters. The molecule has 0 aliphatic carbocycles. The smallest absolute Gasteiger partial charge is 0.266 e. The van der Waals surface area contributed by atoms with Crippen LogP contribution in [0, 0.1) is 5.82 Å². The Labute approximate surface area is 166 Å². The number of amides is 1. The third-order valence-electron chi connectivity index (χ3n) is 4.87. The standard InChI is InChI=1S/C21H20FN3O2S/c22-16-9-3-5-11-18(16)25-20(27)15-8-2-4-10-17(15)23-21(25)28-14-19(26)24-12-6-1-7-13-24/h2-5,8-11H,1,6-7,12-14H2. The van der Waals surface area contributed by atoms with E-state index in [1.54, 1.807) is 42.5 Å². The minimum Gasteiger partial charge on any atom is -0.342 e. The van der Waals surface area contributed by atoms with Crippen LogP contribution in [-0.4, -0.2) is 39.2 Å². The molecule has 28 heavy (non-hydrogen) atoms. The average molecular weight is 397 g/mol. The van der Waals surface area contributed by atoms with Crippen molar-refractivity contribution in [2.24, 2.45) is 0 Å². The number of hydrogen-bond donors (Lipinski definition) is 0. The van der Waals surface area contributed by atoms with Crippen molar-refractivity contribution < 1.29 is 9.18 Å². The van der Waals surface area contributed by atoms with Crippen LogP contribution in [0.2, 0.25) is 0 Å². The highest BCUT2D eigenvalue weighted by Gasteiger charge is 2.20. The molecule has 1 saturated heterocycles. The molecule has 1 aliphatic heterocycles. The SMILES string of the molecule is O=C(CSc1nc2ccccc2c(=O)n1-c1ccccc1F)N1CCCCC1. The third kappa shape index (κ3) is 3.67. The molecule has 5 nitrogen and oxygen atoms in total. The van der Waals surface area contributed by atoms with E-state index < -0.39 is 5.82 Å². The van der Waals surface area contributed by atoms with E-state index in [0.29, 0.717) is 16.1 Å². The zero-order chi connectivity index (χ0) is 19.5. The third-order valence-corrected chi connectivity index (χ3v) is 5.80. The first-order chi connectivity index (χ1) is 13.6. The predicted molar refractivity (Wildman–Crippen MR) is 108 cm³/mol. The molecular weight excluding hydrogens is 377 g/mol. The van der Waals surface area contributed by atoms with Crippen molar-refractivity contribution in [3.63, 3.8) is 0 Å². The molecule has 0 radical (unpaired) electrons. The number of thioether (sulfide) groups is 1. The van der Waals surface area contributed by atoms with Crippen LogP contribution >= 0.6 is 11.8 Å². The summed E-state index contributed by atoms with van der Waals surface area (Å²) in [6.07, 6.45) is 3.19. The fraction of sp³-hybridized carbons (Fsp3) is 0.286. The van der Waals surface area contributed by atoms with Gasteiger partial charge in [0.25, 0.3) is 5.56 Å². The van der Waals surface area contributed by atoms with Crippen LogP contribution in [0.4, 0.5) is 4.39 Å². The Hall–Kier alpha value is -2.67. The summed E-state index contributed by atoms with van der Waals surface area (Å²) in [6, 6.07) is 13.1. The number of hydrogen-bond acceptors (Lipinski definition) is 4. The van der Waals surface area contributed by atoms with Crippen LogP contribution in [0.25, 0.3) is 16.6 Å². The first-order valence-electron chi connectivity index (χ1n) is 9.32. The number of carbonyl (C=O) groups is 1. The van der Waals surface area contributed by atoms with Gasteiger partial charge in [0.1, 0.15) is 5.82 Å². The number of piperidine rings is 1. The second-order valence-corrected chi connectivity index (χ2v) is 7.68. The lowest BCUT2D eigenvalue weighted by Crippen LogP contribution is -2.36.